The Labute approximate surface area is 168 Å². The third-order valence-corrected chi connectivity index (χ3v) is 3.97. The highest BCUT2D eigenvalue weighted by Gasteiger charge is 2.15. The number of carbonyl (C=O) groups is 2. The molecule has 0 spiro atoms. The zero-order chi connectivity index (χ0) is 20.6. The largest absolute Gasteiger partial charge is 0.462 e. The Kier molecular flexibility index (Phi) is 6.18. The lowest BCUT2D eigenvalue weighted by atomic mass is 10.1. The molecule has 0 unspecified atom stereocenters. The summed E-state index contributed by atoms with van der Waals surface area (Å²) in [6.07, 6.45) is 1.51. The Morgan fingerprint density at radius 1 is 1.07 bits per heavy atom. The van der Waals surface area contributed by atoms with Crippen molar-refractivity contribution in [3.8, 4) is 6.07 Å². The highest BCUT2D eigenvalue weighted by Crippen LogP contribution is 2.20. The molecule has 29 heavy (non-hydrogen) atoms. The van der Waals surface area contributed by atoms with E-state index in [1.807, 2.05) is 0 Å². The number of anilines is 3. The average molecular weight is 386 g/mol. The van der Waals surface area contributed by atoms with E-state index in [9.17, 15) is 9.59 Å². The minimum Gasteiger partial charge on any atom is -0.462 e. The number of para-hydroxylation sites is 1. The van der Waals surface area contributed by atoms with Crippen molar-refractivity contribution in [3.05, 3.63) is 83.7 Å². The van der Waals surface area contributed by atoms with E-state index >= 15 is 0 Å². The van der Waals surface area contributed by atoms with E-state index < -0.39 is 11.9 Å². The second-order valence-electron chi connectivity index (χ2n) is 5.96. The van der Waals surface area contributed by atoms with Crippen LogP contribution in [0.3, 0.4) is 0 Å². The van der Waals surface area contributed by atoms with Crippen molar-refractivity contribution in [2.24, 2.45) is 0 Å². The van der Waals surface area contributed by atoms with Gasteiger partial charge in [0, 0.05) is 17.6 Å². The third kappa shape index (κ3) is 4.96. The second-order valence-corrected chi connectivity index (χ2v) is 5.96. The highest BCUT2D eigenvalue weighted by molar-refractivity contribution is 6.07. The van der Waals surface area contributed by atoms with Crippen LogP contribution in [0.1, 0.15) is 33.3 Å². The zero-order valence-electron chi connectivity index (χ0n) is 15.7. The van der Waals surface area contributed by atoms with Crippen LogP contribution in [-0.4, -0.2) is 23.5 Å². The number of nitrogens with zero attached hydrogens (tertiary/aromatic N) is 2. The number of pyridine rings is 1. The van der Waals surface area contributed by atoms with Crippen molar-refractivity contribution in [2.45, 2.75) is 6.92 Å². The molecule has 0 fully saturated rings. The smallest absolute Gasteiger partial charge is 0.340 e. The van der Waals surface area contributed by atoms with Crippen LogP contribution >= 0.6 is 0 Å². The van der Waals surface area contributed by atoms with Gasteiger partial charge in [-0.3, -0.25) is 9.78 Å². The number of ether oxygens (including phenoxy) is 1. The second kappa shape index (κ2) is 9.15. The first-order valence-electron chi connectivity index (χ1n) is 8.91. The van der Waals surface area contributed by atoms with Crippen molar-refractivity contribution in [1.29, 1.82) is 5.26 Å². The number of nitriles is 1. The highest BCUT2D eigenvalue weighted by atomic mass is 16.5. The Hall–Kier alpha value is -4.18. The molecular weight excluding hydrogens is 368 g/mol. The molecule has 0 aliphatic rings. The normalized spacial score (nSPS) is 9.93. The molecule has 0 radical (unpaired) electrons. The van der Waals surface area contributed by atoms with E-state index in [0.717, 1.165) is 5.69 Å². The maximum atomic E-state index is 12.6. The van der Waals surface area contributed by atoms with Crippen LogP contribution in [0.4, 0.5) is 17.1 Å². The van der Waals surface area contributed by atoms with Crippen molar-refractivity contribution >= 4 is 28.9 Å². The fraction of sp³-hybridized carbons (Fsp3) is 0.0909. The quantitative estimate of drug-likeness (QED) is 0.618. The van der Waals surface area contributed by atoms with Gasteiger partial charge in [-0.1, -0.05) is 12.1 Å². The lowest BCUT2D eigenvalue weighted by Gasteiger charge is -2.11. The number of rotatable bonds is 6. The third-order valence-electron chi connectivity index (χ3n) is 3.97. The van der Waals surface area contributed by atoms with Crippen molar-refractivity contribution in [1.82, 2.24) is 4.98 Å². The summed E-state index contributed by atoms with van der Waals surface area (Å²) in [7, 11) is 0. The summed E-state index contributed by atoms with van der Waals surface area (Å²) in [6, 6.07) is 19.0. The van der Waals surface area contributed by atoms with Gasteiger partial charge in [-0.15, -0.1) is 0 Å². The van der Waals surface area contributed by atoms with Crippen LogP contribution in [0, 0.1) is 11.3 Å². The Balaban J connectivity index is 1.76. The Bertz CT molecular complexity index is 1070. The predicted molar refractivity (Wildman–Crippen MR) is 109 cm³/mol. The summed E-state index contributed by atoms with van der Waals surface area (Å²) in [5.41, 5.74) is 2.80. The van der Waals surface area contributed by atoms with Gasteiger partial charge < -0.3 is 15.4 Å². The number of aromatic nitrogens is 1. The number of hydrogen-bond acceptors (Lipinski definition) is 6. The molecule has 3 aromatic rings. The van der Waals surface area contributed by atoms with Crippen LogP contribution < -0.4 is 10.6 Å². The molecule has 1 amide bonds. The molecule has 0 bridgehead atoms. The minimum absolute atomic E-state index is 0.183. The molecule has 7 nitrogen and oxygen atoms in total. The first-order valence-corrected chi connectivity index (χ1v) is 8.91. The van der Waals surface area contributed by atoms with Gasteiger partial charge in [0.05, 0.1) is 29.5 Å². The molecule has 0 saturated heterocycles. The van der Waals surface area contributed by atoms with Crippen LogP contribution in [0.2, 0.25) is 0 Å². The lowest BCUT2D eigenvalue weighted by molar-refractivity contribution is 0.0527. The van der Waals surface area contributed by atoms with E-state index in [4.69, 9.17) is 10.00 Å². The number of carbonyl (C=O) groups excluding carboxylic acids is 2. The maximum absolute atomic E-state index is 12.6. The van der Waals surface area contributed by atoms with Gasteiger partial charge >= 0.3 is 5.97 Å². The average Bonchev–Trinajstić information content (AvgIpc) is 2.75. The predicted octanol–water partition coefficient (Wildman–Crippen LogP) is 4.13. The van der Waals surface area contributed by atoms with Gasteiger partial charge in [0.2, 0.25) is 0 Å². The molecule has 3 rings (SSSR count). The number of esters is 1. The van der Waals surface area contributed by atoms with E-state index in [1.165, 1.54) is 6.20 Å². The van der Waals surface area contributed by atoms with Crippen LogP contribution in [-0.2, 0) is 4.74 Å². The standard InChI is InChI=1S/C22H18N4O3/c1-2-29-22(28)18-5-3-4-6-19(18)26-21(27)20-13-17(11-12-24-20)25-16-9-7-15(14-23)8-10-16/h3-13H,2H2,1H3,(H,24,25)(H,26,27). The summed E-state index contributed by atoms with van der Waals surface area (Å²) in [5, 5.41) is 14.7. The molecular formula is C22H18N4O3. The lowest BCUT2D eigenvalue weighted by Crippen LogP contribution is -2.17. The zero-order valence-corrected chi connectivity index (χ0v) is 15.7. The number of nitrogens with one attached hydrogen (secondary N) is 2. The van der Waals surface area contributed by atoms with Gasteiger partial charge in [-0.05, 0) is 55.5 Å². The monoisotopic (exact) mass is 386 g/mol. The van der Waals surface area contributed by atoms with Crippen LogP contribution in [0.5, 0.6) is 0 Å². The Morgan fingerprint density at radius 2 is 1.83 bits per heavy atom. The van der Waals surface area contributed by atoms with Crippen LogP contribution in [0.25, 0.3) is 0 Å². The maximum Gasteiger partial charge on any atom is 0.340 e. The van der Waals surface area contributed by atoms with E-state index in [-0.39, 0.29) is 17.9 Å². The summed E-state index contributed by atoms with van der Waals surface area (Å²) >= 11 is 0. The van der Waals surface area contributed by atoms with E-state index in [2.05, 4.69) is 21.7 Å². The first-order chi connectivity index (χ1) is 14.1. The topological polar surface area (TPSA) is 104 Å². The van der Waals surface area contributed by atoms with Gasteiger partial charge in [0.25, 0.3) is 5.91 Å². The van der Waals surface area contributed by atoms with Gasteiger partial charge in [-0.25, -0.2) is 4.79 Å². The minimum atomic E-state index is -0.507. The van der Waals surface area contributed by atoms with Crippen molar-refractivity contribution in [3.63, 3.8) is 0 Å². The van der Waals surface area contributed by atoms with Crippen molar-refractivity contribution < 1.29 is 14.3 Å². The van der Waals surface area contributed by atoms with Crippen molar-refractivity contribution in [2.75, 3.05) is 17.2 Å². The molecule has 0 aliphatic heterocycles. The fourth-order valence-electron chi connectivity index (χ4n) is 2.59. The van der Waals surface area contributed by atoms with Gasteiger partial charge in [0.1, 0.15) is 5.69 Å². The first kappa shape index (κ1) is 19.6. The SMILES string of the molecule is CCOC(=O)c1ccccc1NC(=O)c1cc(Nc2ccc(C#N)cc2)ccn1. The molecule has 7 heteroatoms. The number of benzene rings is 2. The molecule has 144 valence electrons. The van der Waals surface area contributed by atoms with Gasteiger partial charge in [-0.2, -0.15) is 5.26 Å². The molecule has 1 aromatic heterocycles. The number of amides is 1. The molecule has 1 heterocycles. The van der Waals surface area contributed by atoms with E-state index in [0.29, 0.717) is 16.9 Å². The summed E-state index contributed by atoms with van der Waals surface area (Å²) in [6.45, 7) is 1.96. The molecule has 0 aliphatic carbocycles. The molecule has 0 atom stereocenters. The molecule has 2 N–H and O–H groups in total. The molecule has 0 saturated carbocycles. The Morgan fingerprint density at radius 3 is 2.55 bits per heavy atom. The summed E-state index contributed by atoms with van der Waals surface area (Å²) in [4.78, 5) is 28.8. The fourth-order valence-corrected chi connectivity index (χ4v) is 2.59. The number of hydrogen-bond donors (Lipinski definition) is 2. The van der Waals surface area contributed by atoms with Crippen LogP contribution in [0.15, 0.2) is 66.9 Å². The van der Waals surface area contributed by atoms with E-state index in [1.54, 1.807) is 67.6 Å². The summed E-state index contributed by atoms with van der Waals surface area (Å²) in [5.74, 6) is -0.960. The summed E-state index contributed by atoms with van der Waals surface area (Å²) < 4.78 is 5.02. The van der Waals surface area contributed by atoms with Gasteiger partial charge in [0.15, 0.2) is 0 Å². The molecule has 2 aromatic carbocycles.